The minimum Gasteiger partial charge on any atom is -0.353 e. The van der Waals surface area contributed by atoms with Gasteiger partial charge in [0.2, 0.25) is 5.91 Å². The molecule has 110 valence electrons. The van der Waals surface area contributed by atoms with Crippen molar-refractivity contribution in [2.24, 2.45) is 11.7 Å². The van der Waals surface area contributed by atoms with Gasteiger partial charge in [-0.15, -0.1) is 0 Å². The van der Waals surface area contributed by atoms with Crippen LogP contribution in [0.3, 0.4) is 0 Å². The summed E-state index contributed by atoms with van der Waals surface area (Å²) in [6, 6.07) is 0.960. The maximum absolute atomic E-state index is 12.4. The molecule has 19 heavy (non-hydrogen) atoms. The molecule has 2 fully saturated rings. The van der Waals surface area contributed by atoms with E-state index in [-0.39, 0.29) is 17.9 Å². The SMILES string of the molecule is CC1CC(NC(=O)C2CCCCCC2N)CCN1C. The monoisotopic (exact) mass is 267 g/mol. The Bertz CT molecular complexity index is 308. The fourth-order valence-corrected chi connectivity index (χ4v) is 3.39. The molecular formula is C15H29N3O. The summed E-state index contributed by atoms with van der Waals surface area (Å²) in [4.78, 5) is 14.8. The second-order valence-corrected chi connectivity index (χ2v) is 6.47. The largest absolute Gasteiger partial charge is 0.353 e. The van der Waals surface area contributed by atoms with Crippen LogP contribution in [0.4, 0.5) is 0 Å². The molecular weight excluding hydrogens is 238 g/mol. The molecule has 0 radical (unpaired) electrons. The molecule has 4 heteroatoms. The topological polar surface area (TPSA) is 58.4 Å². The molecule has 1 aliphatic heterocycles. The maximum Gasteiger partial charge on any atom is 0.224 e. The van der Waals surface area contributed by atoms with Gasteiger partial charge in [-0.2, -0.15) is 0 Å². The van der Waals surface area contributed by atoms with Crippen LogP contribution in [0.2, 0.25) is 0 Å². The quantitative estimate of drug-likeness (QED) is 0.745. The molecule has 2 aliphatic rings. The van der Waals surface area contributed by atoms with Crippen LogP contribution in [-0.4, -0.2) is 42.5 Å². The summed E-state index contributed by atoms with van der Waals surface area (Å²) < 4.78 is 0. The van der Waals surface area contributed by atoms with Gasteiger partial charge in [-0.1, -0.05) is 19.3 Å². The molecule has 1 heterocycles. The molecule has 4 unspecified atom stereocenters. The van der Waals surface area contributed by atoms with Crippen LogP contribution in [0, 0.1) is 5.92 Å². The van der Waals surface area contributed by atoms with E-state index in [1.807, 2.05) is 0 Å². The molecule has 4 nitrogen and oxygen atoms in total. The Balaban J connectivity index is 1.86. The number of carbonyl (C=O) groups is 1. The van der Waals surface area contributed by atoms with Gasteiger partial charge < -0.3 is 16.0 Å². The number of nitrogens with two attached hydrogens (primary N) is 1. The Kier molecular flexibility index (Phi) is 5.22. The Hall–Kier alpha value is -0.610. The number of amides is 1. The third-order valence-corrected chi connectivity index (χ3v) is 4.96. The van der Waals surface area contributed by atoms with Crippen molar-refractivity contribution < 1.29 is 4.79 Å². The van der Waals surface area contributed by atoms with Crippen molar-refractivity contribution in [2.45, 2.75) is 70.0 Å². The second-order valence-electron chi connectivity index (χ2n) is 6.47. The fraction of sp³-hybridized carbons (Fsp3) is 0.933. The molecule has 4 atom stereocenters. The van der Waals surface area contributed by atoms with Gasteiger partial charge in [0.25, 0.3) is 0 Å². The number of hydrogen-bond donors (Lipinski definition) is 2. The third-order valence-electron chi connectivity index (χ3n) is 4.96. The first-order valence-corrected chi connectivity index (χ1v) is 7.84. The van der Waals surface area contributed by atoms with E-state index in [9.17, 15) is 4.79 Å². The van der Waals surface area contributed by atoms with E-state index in [0.29, 0.717) is 12.1 Å². The van der Waals surface area contributed by atoms with Crippen molar-refractivity contribution >= 4 is 5.91 Å². The van der Waals surface area contributed by atoms with Gasteiger partial charge in [0.15, 0.2) is 0 Å². The normalized spacial score (nSPS) is 37.6. The highest BCUT2D eigenvalue weighted by molar-refractivity contribution is 5.79. The summed E-state index contributed by atoms with van der Waals surface area (Å²) in [5.41, 5.74) is 6.17. The van der Waals surface area contributed by atoms with Crippen LogP contribution in [-0.2, 0) is 4.79 Å². The van der Waals surface area contributed by atoms with Crippen molar-refractivity contribution in [1.82, 2.24) is 10.2 Å². The fourth-order valence-electron chi connectivity index (χ4n) is 3.39. The lowest BCUT2D eigenvalue weighted by atomic mass is 9.92. The van der Waals surface area contributed by atoms with Crippen LogP contribution in [0.1, 0.15) is 51.9 Å². The first-order chi connectivity index (χ1) is 9.08. The number of hydrogen-bond acceptors (Lipinski definition) is 3. The second kappa shape index (κ2) is 6.71. The van der Waals surface area contributed by atoms with Gasteiger partial charge in [0, 0.05) is 24.7 Å². The Morgan fingerprint density at radius 3 is 2.68 bits per heavy atom. The van der Waals surface area contributed by atoms with Gasteiger partial charge in [0.1, 0.15) is 0 Å². The van der Waals surface area contributed by atoms with E-state index in [4.69, 9.17) is 5.73 Å². The highest BCUT2D eigenvalue weighted by Gasteiger charge is 2.30. The Morgan fingerprint density at radius 2 is 1.95 bits per heavy atom. The molecule has 1 aliphatic carbocycles. The molecule has 1 saturated heterocycles. The molecule has 0 aromatic heterocycles. The predicted molar refractivity (Wildman–Crippen MR) is 77.8 cm³/mol. The number of carbonyl (C=O) groups excluding carboxylic acids is 1. The molecule has 1 amide bonds. The average Bonchev–Trinajstić information content (AvgIpc) is 2.58. The summed E-state index contributed by atoms with van der Waals surface area (Å²) in [5, 5.41) is 3.25. The number of nitrogens with one attached hydrogen (secondary N) is 1. The van der Waals surface area contributed by atoms with Crippen molar-refractivity contribution in [3.8, 4) is 0 Å². The third kappa shape index (κ3) is 3.93. The van der Waals surface area contributed by atoms with Crippen LogP contribution in [0.25, 0.3) is 0 Å². The minimum atomic E-state index is 0.0393. The average molecular weight is 267 g/mol. The number of nitrogens with zero attached hydrogens (tertiary/aromatic N) is 1. The molecule has 0 bridgehead atoms. The van der Waals surface area contributed by atoms with E-state index in [1.165, 1.54) is 12.8 Å². The molecule has 0 spiro atoms. The molecule has 2 rings (SSSR count). The van der Waals surface area contributed by atoms with Crippen LogP contribution < -0.4 is 11.1 Å². The maximum atomic E-state index is 12.4. The van der Waals surface area contributed by atoms with Gasteiger partial charge in [0.05, 0.1) is 5.92 Å². The zero-order valence-corrected chi connectivity index (χ0v) is 12.4. The van der Waals surface area contributed by atoms with E-state index in [1.54, 1.807) is 0 Å². The lowest BCUT2D eigenvalue weighted by Gasteiger charge is -2.36. The minimum absolute atomic E-state index is 0.0393. The Labute approximate surface area is 117 Å². The summed E-state index contributed by atoms with van der Waals surface area (Å²) in [6.45, 7) is 3.30. The highest BCUT2D eigenvalue weighted by atomic mass is 16.2. The van der Waals surface area contributed by atoms with Crippen LogP contribution in [0.15, 0.2) is 0 Å². The molecule has 3 N–H and O–H groups in total. The van der Waals surface area contributed by atoms with Crippen molar-refractivity contribution in [1.29, 1.82) is 0 Å². The first kappa shape index (κ1) is 14.8. The van der Waals surface area contributed by atoms with Crippen LogP contribution in [0.5, 0.6) is 0 Å². The first-order valence-electron chi connectivity index (χ1n) is 7.84. The van der Waals surface area contributed by atoms with Gasteiger partial charge in [-0.25, -0.2) is 0 Å². The summed E-state index contributed by atoms with van der Waals surface area (Å²) in [5.74, 6) is 0.244. The molecule has 0 aromatic rings. The van der Waals surface area contributed by atoms with Crippen molar-refractivity contribution in [3.05, 3.63) is 0 Å². The zero-order valence-electron chi connectivity index (χ0n) is 12.4. The van der Waals surface area contributed by atoms with Crippen molar-refractivity contribution in [2.75, 3.05) is 13.6 Å². The molecule has 1 saturated carbocycles. The Morgan fingerprint density at radius 1 is 1.21 bits per heavy atom. The number of likely N-dealkylation sites (tertiary alicyclic amines) is 1. The number of piperidine rings is 1. The lowest BCUT2D eigenvalue weighted by Crippen LogP contribution is -2.50. The summed E-state index contributed by atoms with van der Waals surface area (Å²) in [7, 11) is 2.16. The van der Waals surface area contributed by atoms with Crippen LogP contribution >= 0.6 is 0 Å². The van der Waals surface area contributed by atoms with Gasteiger partial charge >= 0.3 is 0 Å². The zero-order chi connectivity index (χ0) is 13.8. The smallest absolute Gasteiger partial charge is 0.224 e. The summed E-state index contributed by atoms with van der Waals surface area (Å²) in [6.07, 6.45) is 7.64. The van der Waals surface area contributed by atoms with Crippen molar-refractivity contribution in [3.63, 3.8) is 0 Å². The lowest BCUT2D eigenvalue weighted by molar-refractivity contribution is -0.127. The van der Waals surface area contributed by atoms with E-state index in [0.717, 1.165) is 38.6 Å². The van der Waals surface area contributed by atoms with E-state index >= 15 is 0 Å². The van der Waals surface area contributed by atoms with Gasteiger partial charge in [-0.05, 0) is 39.7 Å². The van der Waals surface area contributed by atoms with E-state index < -0.39 is 0 Å². The van der Waals surface area contributed by atoms with E-state index in [2.05, 4.69) is 24.2 Å². The predicted octanol–water partition coefficient (Wildman–Crippen LogP) is 1.49. The van der Waals surface area contributed by atoms with Gasteiger partial charge in [-0.3, -0.25) is 4.79 Å². The molecule has 0 aromatic carbocycles. The summed E-state index contributed by atoms with van der Waals surface area (Å²) >= 11 is 0. The highest BCUT2D eigenvalue weighted by Crippen LogP contribution is 2.23. The standard InChI is InChI=1S/C15H29N3O/c1-11-10-12(8-9-18(11)2)17-15(19)13-6-4-3-5-7-14(13)16/h11-14H,3-10,16H2,1-2H3,(H,17,19). The number of rotatable bonds is 2.